The van der Waals surface area contributed by atoms with Gasteiger partial charge in [-0.3, -0.25) is 0 Å². The molecule has 2 unspecified atom stereocenters. The second kappa shape index (κ2) is 4.60. The van der Waals surface area contributed by atoms with Gasteiger partial charge >= 0.3 is 0 Å². The Morgan fingerprint density at radius 1 is 1.47 bits per heavy atom. The number of hydrogen-bond donors (Lipinski definition) is 1. The fraction of sp³-hybridized carbons (Fsp3) is 0.455. The van der Waals surface area contributed by atoms with E-state index in [1.54, 1.807) is 6.07 Å². The summed E-state index contributed by atoms with van der Waals surface area (Å²) in [6, 6.07) is 4.61. The summed E-state index contributed by atoms with van der Waals surface area (Å²) in [6.45, 7) is 0.724. The van der Waals surface area contributed by atoms with Crippen LogP contribution in [0.2, 0.25) is 0 Å². The molecule has 2 nitrogen and oxygen atoms in total. The molecule has 0 bridgehead atoms. The Morgan fingerprint density at radius 2 is 2.27 bits per heavy atom. The van der Waals surface area contributed by atoms with Crippen molar-refractivity contribution >= 4 is 15.9 Å². The zero-order chi connectivity index (χ0) is 10.8. The van der Waals surface area contributed by atoms with Crippen LogP contribution in [0.4, 0.5) is 4.39 Å². The van der Waals surface area contributed by atoms with Crippen LogP contribution in [0.1, 0.15) is 24.5 Å². The van der Waals surface area contributed by atoms with Crippen molar-refractivity contribution in [2.24, 2.45) is 5.73 Å². The average molecular weight is 274 g/mol. The van der Waals surface area contributed by atoms with E-state index in [1.807, 2.05) is 0 Å². The first-order valence-corrected chi connectivity index (χ1v) is 5.80. The summed E-state index contributed by atoms with van der Waals surface area (Å²) in [5, 5.41) is 0. The SMILES string of the molecule is NC1CCCOC1c1ccc(F)cc1Br. The van der Waals surface area contributed by atoms with Gasteiger partial charge in [0.05, 0.1) is 6.10 Å². The van der Waals surface area contributed by atoms with Crippen LogP contribution in [0, 0.1) is 5.82 Å². The highest BCUT2D eigenvalue weighted by molar-refractivity contribution is 9.10. The molecular formula is C11H13BrFNO. The Bertz CT molecular complexity index is 358. The summed E-state index contributed by atoms with van der Waals surface area (Å²) >= 11 is 3.33. The molecule has 0 aliphatic carbocycles. The van der Waals surface area contributed by atoms with Crippen molar-refractivity contribution in [3.8, 4) is 0 Å². The van der Waals surface area contributed by atoms with Gasteiger partial charge < -0.3 is 10.5 Å². The summed E-state index contributed by atoms with van der Waals surface area (Å²) in [7, 11) is 0. The van der Waals surface area contributed by atoms with Crippen LogP contribution in [0.15, 0.2) is 22.7 Å². The number of ether oxygens (including phenoxy) is 1. The molecule has 1 aromatic carbocycles. The lowest BCUT2D eigenvalue weighted by Gasteiger charge is -2.29. The summed E-state index contributed by atoms with van der Waals surface area (Å²) in [4.78, 5) is 0. The van der Waals surface area contributed by atoms with Crippen LogP contribution in [-0.2, 0) is 4.74 Å². The maximum Gasteiger partial charge on any atom is 0.124 e. The standard InChI is InChI=1S/C11H13BrFNO/c12-9-6-7(13)3-4-8(9)11-10(14)2-1-5-15-11/h3-4,6,10-11H,1-2,5,14H2. The van der Waals surface area contributed by atoms with Crippen molar-refractivity contribution in [1.29, 1.82) is 0 Å². The Kier molecular flexibility index (Phi) is 3.38. The van der Waals surface area contributed by atoms with Crippen LogP contribution in [0.3, 0.4) is 0 Å². The van der Waals surface area contributed by atoms with Crippen LogP contribution < -0.4 is 5.73 Å². The molecule has 0 spiro atoms. The van der Waals surface area contributed by atoms with E-state index in [4.69, 9.17) is 10.5 Å². The second-order valence-corrected chi connectivity index (χ2v) is 4.62. The van der Waals surface area contributed by atoms with Gasteiger partial charge in [-0.25, -0.2) is 4.39 Å². The first-order chi connectivity index (χ1) is 7.18. The largest absolute Gasteiger partial charge is 0.372 e. The van der Waals surface area contributed by atoms with Gasteiger partial charge in [0.15, 0.2) is 0 Å². The lowest BCUT2D eigenvalue weighted by molar-refractivity contribution is -0.000314. The molecule has 1 fully saturated rings. The highest BCUT2D eigenvalue weighted by Gasteiger charge is 2.25. The summed E-state index contributed by atoms with van der Waals surface area (Å²) < 4.78 is 19.3. The van der Waals surface area contributed by atoms with Crippen molar-refractivity contribution in [3.63, 3.8) is 0 Å². The Morgan fingerprint density at radius 3 is 2.93 bits per heavy atom. The lowest BCUT2D eigenvalue weighted by Crippen LogP contribution is -2.34. The molecule has 1 aliphatic rings. The highest BCUT2D eigenvalue weighted by atomic mass is 79.9. The quantitative estimate of drug-likeness (QED) is 0.854. The molecule has 2 atom stereocenters. The zero-order valence-corrected chi connectivity index (χ0v) is 9.84. The van der Waals surface area contributed by atoms with E-state index in [-0.39, 0.29) is 18.0 Å². The molecule has 1 aliphatic heterocycles. The Hall–Kier alpha value is -0.450. The Balaban J connectivity index is 2.27. The third-order valence-electron chi connectivity index (χ3n) is 2.64. The zero-order valence-electron chi connectivity index (χ0n) is 8.25. The minimum atomic E-state index is -0.255. The van der Waals surface area contributed by atoms with Crippen LogP contribution in [0.5, 0.6) is 0 Å². The summed E-state index contributed by atoms with van der Waals surface area (Å²) in [6.07, 6.45) is 1.83. The maximum absolute atomic E-state index is 12.9. The average Bonchev–Trinajstić information content (AvgIpc) is 2.20. The van der Waals surface area contributed by atoms with E-state index in [9.17, 15) is 4.39 Å². The number of halogens is 2. The third-order valence-corrected chi connectivity index (χ3v) is 3.32. The molecule has 15 heavy (non-hydrogen) atoms. The molecule has 0 amide bonds. The minimum absolute atomic E-state index is 0.000473. The number of hydrogen-bond acceptors (Lipinski definition) is 2. The van der Waals surface area contributed by atoms with Crippen LogP contribution in [0.25, 0.3) is 0 Å². The van der Waals surface area contributed by atoms with Gasteiger partial charge in [-0.15, -0.1) is 0 Å². The monoisotopic (exact) mass is 273 g/mol. The van der Waals surface area contributed by atoms with E-state index < -0.39 is 0 Å². The first kappa shape index (κ1) is 11.0. The van der Waals surface area contributed by atoms with Gasteiger partial charge in [0.25, 0.3) is 0 Å². The van der Waals surface area contributed by atoms with Crippen molar-refractivity contribution in [3.05, 3.63) is 34.1 Å². The predicted molar refractivity (Wildman–Crippen MR) is 60.0 cm³/mol. The van der Waals surface area contributed by atoms with Gasteiger partial charge in [0.2, 0.25) is 0 Å². The van der Waals surface area contributed by atoms with Gasteiger partial charge in [-0.2, -0.15) is 0 Å². The van der Waals surface area contributed by atoms with Crippen molar-refractivity contribution in [1.82, 2.24) is 0 Å². The molecule has 0 aromatic heterocycles. The van der Waals surface area contributed by atoms with E-state index in [0.29, 0.717) is 0 Å². The molecule has 2 N–H and O–H groups in total. The lowest BCUT2D eigenvalue weighted by atomic mass is 9.97. The maximum atomic E-state index is 12.9. The fourth-order valence-corrected chi connectivity index (χ4v) is 2.43. The van der Waals surface area contributed by atoms with Gasteiger partial charge in [0, 0.05) is 17.1 Å². The van der Waals surface area contributed by atoms with Gasteiger partial charge in [-0.1, -0.05) is 22.0 Å². The minimum Gasteiger partial charge on any atom is -0.372 e. The molecule has 2 rings (SSSR count). The molecule has 1 heterocycles. The first-order valence-electron chi connectivity index (χ1n) is 5.00. The molecule has 1 aromatic rings. The fourth-order valence-electron chi connectivity index (χ4n) is 1.86. The van der Waals surface area contributed by atoms with Crippen molar-refractivity contribution in [2.75, 3.05) is 6.61 Å². The molecule has 0 radical (unpaired) electrons. The van der Waals surface area contributed by atoms with Crippen molar-refractivity contribution in [2.45, 2.75) is 25.0 Å². The van der Waals surface area contributed by atoms with E-state index in [1.165, 1.54) is 12.1 Å². The summed E-state index contributed by atoms with van der Waals surface area (Å²) in [5.74, 6) is -0.255. The highest BCUT2D eigenvalue weighted by Crippen LogP contribution is 2.32. The molecule has 0 saturated carbocycles. The van der Waals surface area contributed by atoms with Gasteiger partial charge in [0.1, 0.15) is 5.82 Å². The van der Waals surface area contributed by atoms with Crippen molar-refractivity contribution < 1.29 is 9.13 Å². The predicted octanol–water partition coefficient (Wildman–Crippen LogP) is 2.77. The smallest absolute Gasteiger partial charge is 0.124 e. The molecule has 1 saturated heterocycles. The third kappa shape index (κ3) is 2.38. The molecule has 4 heteroatoms. The normalized spacial score (nSPS) is 26.6. The van der Waals surface area contributed by atoms with Crippen LogP contribution in [-0.4, -0.2) is 12.6 Å². The van der Waals surface area contributed by atoms with Gasteiger partial charge in [-0.05, 0) is 30.5 Å². The Labute approximate surface area is 96.7 Å². The number of nitrogens with two attached hydrogens (primary N) is 1. The van der Waals surface area contributed by atoms with E-state index >= 15 is 0 Å². The molecule has 82 valence electrons. The van der Waals surface area contributed by atoms with E-state index in [2.05, 4.69) is 15.9 Å². The summed E-state index contributed by atoms with van der Waals surface area (Å²) in [5.41, 5.74) is 6.91. The molecular weight excluding hydrogens is 261 g/mol. The number of rotatable bonds is 1. The van der Waals surface area contributed by atoms with E-state index in [0.717, 1.165) is 29.5 Å². The topological polar surface area (TPSA) is 35.2 Å². The van der Waals surface area contributed by atoms with Crippen LogP contribution >= 0.6 is 15.9 Å². The number of benzene rings is 1. The second-order valence-electron chi connectivity index (χ2n) is 3.76.